The third-order valence-corrected chi connectivity index (χ3v) is 7.22. The molecule has 0 saturated heterocycles. The molecule has 0 aliphatic heterocycles. The maximum Gasteiger partial charge on any atom is 0.0215 e. The van der Waals surface area contributed by atoms with Gasteiger partial charge >= 0.3 is 0 Å². The number of benzene rings is 2. The average Bonchev–Trinajstić information content (AvgIpc) is 2.93. The highest BCUT2D eigenvalue weighted by atomic mass is 14.5. The van der Waals surface area contributed by atoms with Crippen molar-refractivity contribution in [2.45, 2.75) is 99.3 Å². The molecule has 0 bridgehead atoms. The van der Waals surface area contributed by atoms with Crippen LogP contribution >= 0.6 is 0 Å². The van der Waals surface area contributed by atoms with Crippen molar-refractivity contribution in [1.82, 2.24) is 0 Å². The second kappa shape index (κ2) is 9.13. The minimum Gasteiger partial charge on any atom is -0.0625 e. The quantitative estimate of drug-likeness (QED) is 0.400. The summed E-state index contributed by atoms with van der Waals surface area (Å²) in [6.45, 7) is 19.2. The van der Waals surface area contributed by atoms with Crippen LogP contribution in [-0.4, -0.2) is 0 Å². The number of hydrogen-bond acceptors (Lipinski definition) is 0. The van der Waals surface area contributed by atoms with Crippen LogP contribution in [0.3, 0.4) is 0 Å². The lowest BCUT2D eigenvalue weighted by Gasteiger charge is -2.36. The zero-order chi connectivity index (χ0) is 22.9. The van der Waals surface area contributed by atoms with E-state index in [9.17, 15) is 0 Å². The van der Waals surface area contributed by atoms with Crippen molar-refractivity contribution in [2.24, 2.45) is 22.7 Å². The van der Waals surface area contributed by atoms with Crippen molar-refractivity contribution in [3.05, 3.63) is 59.7 Å². The molecule has 2 atom stereocenters. The van der Waals surface area contributed by atoms with Gasteiger partial charge in [0.05, 0.1) is 0 Å². The molecular formula is C31H46. The first-order valence-corrected chi connectivity index (χ1v) is 12.6. The minimum atomic E-state index is 0.172. The van der Waals surface area contributed by atoms with Gasteiger partial charge < -0.3 is 0 Å². The second-order valence-electron chi connectivity index (χ2n) is 13.0. The maximum atomic E-state index is 2.47. The smallest absolute Gasteiger partial charge is 0.0215 e. The van der Waals surface area contributed by atoms with Gasteiger partial charge in [-0.2, -0.15) is 0 Å². The molecule has 1 aliphatic carbocycles. The molecule has 170 valence electrons. The summed E-state index contributed by atoms with van der Waals surface area (Å²) in [7, 11) is 0. The molecule has 2 aromatic carbocycles. The van der Waals surface area contributed by atoms with Crippen LogP contribution in [0.15, 0.2) is 48.5 Å². The fourth-order valence-corrected chi connectivity index (χ4v) is 6.36. The minimum absolute atomic E-state index is 0.172. The van der Waals surface area contributed by atoms with Gasteiger partial charge in [-0.15, -0.1) is 0 Å². The molecule has 2 unspecified atom stereocenters. The van der Waals surface area contributed by atoms with Gasteiger partial charge in [0, 0.05) is 5.41 Å². The van der Waals surface area contributed by atoms with E-state index in [-0.39, 0.29) is 5.41 Å². The van der Waals surface area contributed by atoms with Gasteiger partial charge in [-0.05, 0) is 83.4 Å². The zero-order valence-electron chi connectivity index (χ0n) is 21.5. The first kappa shape index (κ1) is 24.1. The molecule has 0 aromatic heterocycles. The second-order valence-corrected chi connectivity index (χ2v) is 13.0. The zero-order valence-corrected chi connectivity index (χ0v) is 21.5. The summed E-state index contributed by atoms with van der Waals surface area (Å²) < 4.78 is 0. The molecular weight excluding hydrogens is 372 g/mol. The van der Waals surface area contributed by atoms with Crippen molar-refractivity contribution < 1.29 is 0 Å². The van der Waals surface area contributed by atoms with Crippen LogP contribution in [0.2, 0.25) is 0 Å². The van der Waals surface area contributed by atoms with Gasteiger partial charge in [0.15, 0.2) is 0 Å². The Kier molecular flexibility index (Phi) is 7.09. The average molecular weight is 419 g/mol. The molecule has 31 heavy (non-hydrogen) atoms. The number of fused-ring (bicyclic) bond motifs is 3. The van der Waals surface area contributed by atoms with Crippen LogP contribution in [0.25, 0.3) is 11.1 Å². The van der Waals surface area contributed by atoms with E-state index >= 15 is 0 Å². The first-order chi connectivity index (χ1) is 14.4. The summed E-state index contributed by atoms with van der Waals surface area (Å²) in [5.41, 5.74) is 7.10. The highest BCUT2D eigenvalue weighted by Crippen LogP contribution is 2.54. The first-order valence-electron chi connectivity index (χ1n) is 12.6. The molecule has 0 fully saturated rings. The molecule has 0 heterocycles. The van der Waals surface area contributed by atoms with Crippen molar-refractivity contribution >= 4 is 0 Å². The van der Waals surface area contributed by atoms with E-state index in [1.54, 1.807) is 11.1 Å². The van der Waals surface area contributed by atoms with Crippen LogP contribution in [-0.2, 0) is 5.41 Å². The highest BCUT2D eigenvalue weighted by molar-refractivity contribution is 5.80. The summed E-state index contributed by atoms with van der Waals surface area (Å²) >= 11 is 0. The van der Waals surface area contributed by atoms with E-state index in [4.69, 9.17) is 0 Å². The van der Waals surface area contributed by atoms with Crippen molar-refractivity contribution in [1.29, 1.82) is 0 Å². The van der Waals surface area contributed by atoms with E-state index in [1.165, 1.54) is 49.7 Å². The van der Waals surface area contributed by atoms with Crippen molar-refractivity contribution in [3.8, 4) is 11.1 Å². The van der Waals surface area contributed by atoms with Gasteiger partial charge in [-0.1, -0.05) is 104 Å². The molecule has 0 spiro atoms. The fourth-order valence-electron chi connectivity index (χ4n) is 6.36. The van der Waals surface area contributed by atoms with Crippen molar-refractivity contribution in [3.63, 3.8) is 0 Å². The van der Waals surface area contributed by atoms with Crippen LogP contribution in [0.4, 0.5) is 0 Å². The van der Waals surface area contributed by atoms with Crippen LogP contribution < -0.4 is 0 Å². The lowest BCUT2D eigenvalue weighted by atomic mass is 9.68. The number of rotatable bonds is 8. The van der Waals surface area contributed by atoms with E-state index < -0.39 is 0 Å². The summed E-state index contributed by atoms with van der Waals surface area (Å²) in [6, 6.07) is 18.5. The predicted molar refractivity (Wildman–Crippen MR) is 138 cm³/mol. The van der Waals surface area contributed by atoms with E-state index in [2.05, 4.69) is 104 Å². The Bertz CT molecular complexity index is 785. The van der Waals surface area contributed by atoms with Gasteiger partial charge in [0.25, 0.3) is 0 Å². The lowest BCUT2D eigenvalue weighted by Crippen LogP contribution is -2.28. The Morgan fingerprint density at radius 3 is 1.32 bits per heavy atom. The monoisotopic (exact) mass is 418 g/mol. The topological polar surface area (TPSA) is 0 Å². The largest absolute Gasteiger partial charge is 0.0625 e. The van der Waals surface area contributed by atoms with Crippen LogP contribution in [0, 0.1) is 22.7 Å². The summed E-state index contributed by atoms with van der Waals surface area (Å²) in [4.78, 5) is 0. The molecule has 0 N–H and O–H groups in total. The van der Waals surface area contributed by atoms with Gasteiger partial charge in [0.2, 0.25) is 0 Å². The maximum absolute atomic E-state index is 2.47. The molecule has 1 aliphatic rings. The highest BCUT2D eigenvalue weighted by Gasteiger charge is 2.42. The number of hydrogen-bond donors (Lipinski definition) is 0. The fraction of sp³-hybridized carbons (Fsp3) is 0.613. The van der Waals surface area contributed by atoms with E-state index in [0.29, 0.717) is 10.8 Å². The van der Waals surface area contributed by atoms with Gasteiger partial charge in [-0.25, -0.2) is 0 Å². The molecule has 3 rings (SSSR count). The lowest BCUT2D eigenvalue weighted by molar-refractivity contribution is 0.257. The molecule has 0 radical (unpaired) electrons. The Balaban J connectivity index is 1.93. The Hall–Kier alpha value is -1.56. The van der Waals surface area contributed by atoms with E-state index in [1.807, 2.05) is 0 Å². The molecule has 0 saturated carbocycles. The Labute approximate surface area is 192 Å². The van der Waals surface area contributed by atoms with Gasteiger partial charge in [-0.3, -0.25) is 0 Å². The third kappa shape index (κ3) is 5.82. The summed E-state index contributed by atoms with van der Waals surface area (Å²) in [6.07, 6.45) is 7.72. The third-order valence-electron chi connectivity index (χ3n) is 7.22. The van der Waals surface area contributed by atoms with Crippen LogP contribution in [0.1, 0.15) is 105 Å². The van der Waals surface area contributed by atoms with Crippen LogP contribution in [0.5, 0.6) is 0 Å². The molecule has 0 amide bonds. The van der Waals surface area contributed by atoms with Crippen molar-refractivity contribution in [2.75, 3.05) is 0 Å². The normalized spacial score (nSPS) is 17.2. The SMILES string of the molecule is CC(CCC1(CCC(C)CC(C)(C)C)c2ccccc2-c2ccccc21)CC(C)(C)C. The molecule has 0 heteroatoms. The Morgan fingerprint density at radius 1 is 0.613 bits per heavy atom. The Morgan fingerprint density at radius 2 is 0.968 bits per heavy atom. The summed E-state index contributed by atoms with van der Waals surface area (Å²) in [5.74, 6) is 1.51. The van der Waals surface area contributed by atoms with E-state index in [0.717, 1.165) is 11.8 Å². The standard InChI is InChI=1S/C31H46/c1-23(21-29(3,4)5)17-19-31(20-18-24(2)22-30(6,7)8)27-15-11-9-13-25(27)26-14-10-12-16-28(26)31/h9-16,23-24H,17-22H2,1-8H3. The molecule has 2 aromatic rings. The molecule has 0 nitrogen and oxygen atoms in total. The summed E-state index contributed by atoms with van der Waals surface area (Å²) in [5, 5.41) is 0. The predicted octanol–water partition coefficient (Wildman–Crippen LogP) is 9.66. The van der Waals surface area contributed by atoms with Gasteiger partial charge in [0.1, 0.15) is 0 Å².